The molecule has 1 amide bonds. The summed E-state index contributed by atoms with van der Waals surface area (Å²) in [6.45, 7) is 17.3. The van der Waals surface area contributed by atoms with Crippen molar-refractivity contribution >= 4 is 54.0 Å². The van der Waals surface area contributed by atoms with Crippen LogP contribution in [0.2, 0.25) is 28.4 Å². The van der Waals surface area contributed by atoms with Gasteiger partial charge in [-0.05, 0) is 73.5 Å². The van der Waals surface area contributed by atoms with Gasteiger partial charge in [-0.1, -0.05) is 57.8 Å². The van der Waals surface area contributed by atoms with Crippen molar-refractivity contribution in [3.8, 4) is 0 Å². The molecule has 3 aromatic rings. The second-order valence-electron chi connectivity index (χ2n) is 11.8. The number of carbonyl (C=O) groups excluding carboxylic acids is 1. The molecule has 0 radical (unpaired) electrons. The third-order valence-corrected chi connectivity index (χ3v) is 13.1. The Morgan fingerprint density at radius 2 is 1.79 bits per heavy atom. The lowest BCUT2D eigenvalue weighted by Crippen LogP contribution is -2.43. The van der Waals surface area contributed by atoms with Crippen LogP contribution in [0.25, 0.3) is 10.9 Å². The van der Waals surface area contributed by atoms with Gasteiger partial charge in [0.05, 0.1) is 12.1 Å². The maximum atomic E-state index is 14.0. The molecule has 0 N–H and O–H groups in total. The first kappa shape index (κ1) is 29.1. The van der Waals surface area contributed by atoms with Crippen molar-refractivity contribution in [1.29, 1.82) is 0 Å². The van der Waals surface area contributed by atoms with Gasteiger partial charge in [0.15, 0.2) is 8.32 Å². The molecule has 1 saturated carbocycles. The summed E-state index contributed by atoms with van der Waals surface area (Å²) in [6.07, 6.45) is 5.65. The van der Waals surface area contributed by atoms with E-state index in [1.54, 1.807) is 4.90 Å². The van der Waals surface area contributed by atoms with Crippen molar-refractivity contribution in [2.45, 2.75) is 90.9 Å². The molecule has 1 fully saturated rings. The Kier molecular flexibility index (Phi) is 8.63. The number of aromatic nitrogens is 3. The van der Waals surface area contributed by atoms with Gasteiger partial charge in [0.1, 0.15) is 22.2 Å². The second kappa shape index (κ2) is 11.3. The Morgan fingerprint density at radius 1 is 1.13 bits per heavy atom. The number of anilines is 1. The molecule has 1 aromatic carbocycles. The molecule has 206 valence electrons. The highest BCUT2D eigenvalue weighted by atomic mass is 35.5. The highest BCUT2D eigenvalue weighted by molar-refractivity contribution is 6.74. The summed E-state index contributed by atoms with van der Waals surface area (Å²) in [5.74, 6) is 0.199. The van der Waals surface area contributed by atoms with Crippen LogP contribution >= 0.6 is 23.2 Å². The summed E-state index contributed by atoms with van der Waals surface area (Å²) in [5.41, 5.74) is 4.89. The molecule has 0 spiro atoms. The van der Waals surface area contributed by atoms with E-state index >= 15 is 0 Å². The Balaban J connectivity index is 1.81. The van der Waals surface area contributed by atoms with Crippen LogP contribution in [-0.2, 0) is 17.4 Å². The van der Waals surface area contributed by atoms with Gasteiger partial charge in [-0.15, -0.1) is 0 Å². The van der Waals surface area contributed by atoms with Crippen LogP contribution in [0.3, 0.4) is 0 Å². The summed E-state index contributed by atoms with van der Waals surface area (Å²) in [7, 11) is -2.01. The van der Waals surface area contributed by atoms with E-state index in [2.05, 4.69) is 80.4 Å². The molecular formula is C29H40Cl2N4O2Si. The Hall–Kier alpha value is -1.93. The highest BCUT2D eigenvalue weighted by Gasteiger charge is 2.37. The van der Waals surface area contributed by atoms with E-state index in [0.29, 0.717) is 19.1 Å². The lowest BCUT2D eigenvalue weighted by atomic mass is 10.0. The highest BCUT2D eigenvalue weighted by Crippen LogP contribution is 2.46. The van der Waals surface area contributed by atoms with Crippen molar-refractivity contribution < 1.29 is 9.22 Å². The summed E-state index contributed by atoms with van der Waals surface area (Å²) in [5, 5.41) is 1.34. The van der Waals surface area contributed by atoms with E-state index in [4.69, 9.17) is 27.6 Å². The number of fused-ring (bicyclic) bond motifs is 1. The molecule has 6 nitrogen and oxygen atoms in total. The van der Waals surface area contributed by atoms with Gasteiger partial charge < -0.3 is 13.9 Å². The average molecular weight is 576 g/mol. The molecule has 4 rings (SSSR count). The summed E-state index contributed by atoms with van der Waals surface area (Å²) >= 11 is 12.8. The van der Waals surface area contributed by atoms with Gasteiger partial charge in [-0.3, -0.25) is 4.79 Å². The second-order valence-corrected chi connectivity index (χ2v) is 17.3. The van der Waals surface area contributed by atoms with Gasteiger partial charge in [0.25, 0.3) is 5.91 Å². The zero-order valence-electron chi connectivity index (χ0n) is 23.7. The van der Waals surface area contributed by atoms with Crippen LogP contribution in [0.5, 0.6) is 0 Å². The van der Waals surface area contributed by atoms with Crippen LogP contribution in [0.1, 0.15) is 81.4 Å². The number of nitrogens with zero attached hydrogens (tertiary/aromatic N) is 4. The van der Waals surface area contributed by atoms with Crippen molar-refractivity contribution in [1.82, 2.24) is 14.5 Å². The fraction of sp³-hybridized carbons (Fsp3) is 0.552. The summed E-state index contributed by atoms with van der Waals surface area (Å²) < 4.78 is 8.96. The Morgan fingerprint density at radius 3 is 2.34 bits per heavy atom. The zero-order chi connectivity index (χ0) is 27.8. The van der Waals surface area contributed by atoms with E-state index in [1.807, 2.05) is 0 Å². The number of benzene rings is 1. The van der Waals surface area contributed by atoms with Crippen LogP contribution in [0.15, 0.2) is 24.5 Å². The SMILES string of the molecule is CCCn1c(CC)cc2cc(N(CCO[Si](C)(C)C(C)(C)C)C(=O)c3c(Cl)ncnc3Cl)cc(C3CC3)c21. The fourth-order valence-electron chi connectivity index (χ4n) is 4.73. The molecule has 2 aromatic heterocycles. The number of hydrogen-bond donors (Lipinski definition) is 0. The predicted octanol–water partition coefficient (Wildman–Crippen LogP) is 8.26. The van der Waals surface area contributed by atoms with Crippen molar-refractivity contribution in [3.63, 3.8) is 0 Å². The molecule has 0 unspecified atom stereocenters. The normalized spacial score (nSPS) is 14.3. The molecule has 0 aliphatic heterocycles. The smallest absolute Gasteiger partial charge is 0.264 e. The molecule has 2 heterocycles. The number of halogens is 2. The molecule has 0 atom stereocenters. The van der Waals surface area contributed by atoms with Crippen LogP contribution in [0, 0.1) is 0 Å². The number of carbonyl (C=O) groups is 1. The monoisotopic (exact) mass is 574 g/mol. The molecule has 9 heteroatoms. The molecule has 0 bridgehead atoms. The van der Waals surface area contributed by atoms with Crippen molar-refractivity contribution in [3.05, 3.63) is 51.7 Å². The minimum Gasteiger partial charge on any atom is -0.415 e. The number of hydrogen-bond acceptors (Lipinski definition) is 4. The van der Waals surface area contributed by atoms with Gasteiger partial charge in [0.2, 0.25) is 0 Å². The lowest BCUT2D eigenvalue weighted by Gasteiger charge is -2.37. The maximum Gasteiger partial charge on any atom is 0.264 e. The number of aryl methyl sites for hydroxylation is 2. The molecule has 0 saturated heterocycles. The van der Waals surface area contributed by atoms with E-state index in [0.717, 1.165) is 25.1 Å². The van der Waals surface area contributed by atoms with E-state index in [9.17, 15) is 4.79 Å². The molecule has 1 aliphatic rings. The van der Waals surface area contributed by atoms with Crippen LogP contribution in [0.4, 0.5) is 5.69 Å². The van der Waals surface area contributed by atoms with Gasteiger partial charge in [-0.2, -0.15) is 0 Å². The third-order valence-electron chi connectivity index (χ3n) is 8.03. The summed E-state index contributed by atoms with van der Waals surface area (Å²) in [4.78, 5) is 23.8. The zero-order valence-corrected chi connectivity index (χ0v) is 26.2. The lowest BCUT2D eigenvalue weighted by molar-refractivity contribution is 0.0981. The molecular weight excluding hydrogens is 535 g/mol. The fourth-order valence-corrected chi connectivity index (χ4v) is 6.24. The van der Waals surface area contributed by atoms with E-state index < -0.39 is 8.32 Å². The minimum atomic E-state index is -2.01. The number of rotatable bonds is 10. The largest absolute Gasteiger partial charge is 0.415 e. The van der Waals surface area contributed by atoms with E-state index in [1.165, 1.54) is 41.3 Å². The standard InChI is InChI=1S/C29H40Cl2N4O2Si/c1-8-12-34-21(9-2)15-20-16-22(17-23(25(20)34)19-10-11-19)35(13-14-37-38(6,7)29(3,4)5)28(36)24-26(30)32-18-33-27(24)31/h15-19H,8-14H2,1-7H3. The first-order valence-corrected chi connectivity index (χ1v) is 17.3. The van der Waals surface area contributed by atoms with Crippen LogP contribution in [-0.4, -0.2) is 41.9 Å². The van der Waals surface area contributed by atoms with Crippen molar-refractivity contribution in [2.24, 2.45) is 0 Å². The quantitative estimate of drug-likeness (QED) is 0.180. The summed E-state index contributed by atoms with van der Waals surface area (Å²) in [6, 6.07) is 6.60. The average Bonchev–Trinajstić information content (AvgIpc) is 3.62. The Bertz CT molecular complexity index is 1310. The van der Waals surface area contributed by atoms with E-state index in [-0.39, 0.29) is 26.8 Å². The molecule has 38 heavy (non-hydrogen) atoms. The Labute approximate surface area is 237 Å². The van der Waals surface area contributed by atoms with Crippen molar-refractivity contribution in [2.75, 3.05) is 18.1 Å². The maximum absolute atomic E-state index is 14.0. The first-order chi connectivity index (χ1) is 17.9. The molecule has 1 aliphatic carbocycles. The predicted molar refractivity (Wildman–Crippen MR) is 160 cm³/mol. The van der Waals surface area contributed by atoms with Crippen LogP contribution < -0.4 is 4.90 Å². The minimum absolute atomic E-state index is 0.0520. The number of amides is 1. The topological polar surface area (TPSA) is 60.2 Å². The third kappa shape index (κ3) is 5.81. The van der Waals surface area contributed by atoms with Gasteiger partial charge in [0, 0.05) is 29.9 Å². The van der Waals surface area contributed by atoms with Gasteiger partial charge >= 0.3 is 0 Å². The first-order valence-electron chi connectivity index (χ1n) is 13.7. The van der Waals surface area contributed by atoms with Gasteiger partial charge in [-0.25, -0.2) is 9.97 Å².